The molecule has 1 unspecified atom stereocenters. The molecule has 1 saturated heterocycles. The van der Waals surface area contributed by atoms with E-state index in [-0.39, 0.29) is 23.8 Å². The Kier molecular flexibility index (Phi) is 5.78. The van der Waals surface area contributed by atoms with Gasteiger partial charge in [-0.3, -0.25) is 0 Å². The number of rotatable bonds is 6. The van der Waals surface area contributed by atoms with Crippen LogP contribution in [0.3, 0.4) is 0 Å². The van der Waals surface area contributed by atoms with Crippen LogP contribution in [-0.2, 0) is 0 Å². The van der Waals surface area contributed by atoms with Crippen molar-refractivity contribution in [2.75, 3.05) is 18.4 Å². The minimum atomic E-state index is -0.500. The summed E-state index contributed by atoms with van der Waals surface area (Å²) in [5.74, 6) is 0.309. The zero-order valence-electron chi connectivity index (χ0n) is 16.9. The van der Waals surface area contributed by atoms with Gasteiger partial charge in [0.2, 0.25) is 0 Å². The lowest BCUT2D eigenvalue weighted by Crippen LogP contribution is -2.47. The molecule has 0 bridgehead atoms. The molecule has 9 heteroatoms. The van der Waals surface area contributed by atoms with Crippen molar-refractivity contribution in [2.24, 2.45) is 11.7 Å². The molecule has 3 aromatic rings. The van der Waals surface area contributed by atoms with Gasteiger partial charge in [0, 0.05) is 42.5 Å². The fourth-order valence-corrected chi connectivity index (χ4v) is 4.12. The standard InChI is InChI=1S/C21H26FN7O/c1-13(9-14-5-2-3-8-29(14)21(23)30)10-25-20-17(22)12-27-19(28-20)16-11-26-18-15(16)6-4-7-24-18/h4,6-7,11-14H,2-3,5,8-10H2,1H3,(H2,23,30)(H,24,26)(H,25,27,28)/t13?,14-/m1/s1. The maximum absolute atomic E-state index is 14.3. The molecule has 0 radical (unpaired) electrons. The maximum Gasteiger partial charge on any atom is 0.315 e. The highest BCUT2D eigenvalue weighted by molar-refractivity contribution is 5.91. The SMILES string of the molecule is CC(CNc1nc(-c2c[nH]c3ncccc23)ncc1F)C[C@H]1CCCCN1C(N)=O. The van der Waals surface area contributed by atoms with Gasteiger partial charge in [0.1, 0.15) is 5.65 Å². The van der Waals surface area contributed by atoms with Gasteiger partial charge in [-0.05, 0) is 43.7 Å². The van der Waals surface area contributed by atoms with Crippen molar-refractivity contribution in [3.63, 3.8) is 0 Å². The van der Waals surface area contributed by atoms with Crippen molar-refractivity contribution < 1.29 is 9.18 Å². The number of pyridine rings is 1. The first kappa shape index (κ1) is 20.1. The first-order chi connectivity index (χ1) is 14.5. The van der Waals surface area contributed by atoms with Gasteiger partial charge in [0.25, 0.3) is 0 Å². The topological polar surface area (TPSA) is 113 Å². The number of urea groups is 1. The number of H-pyrrole nitrogens is 1. The van der Waals surface area contributed by atoms with Gasteiger partial charge in [0.15, 0.2) is 17.5 Å². The van der Waals surface area contributed by atoms with E-state index < -0.39 is 5.82 Å². The predicted octanol–water partition coefficient (Wildman–Crippen LogP) is 3.53. The number of nitrogens with two attached hydrogens (primary N) is 1. The average Bonchev–Trinajstić information content (AvgIpc) is 3.17. The van der Waals surface area contributed by atoms with Crippen molar-refractivity contribution in [1.82, 2.24) is 24.8 Å². The number of amides is 2. The number of fused-ring (bicyclic) bond motifs is 1. The molecule has 2 amide bonds. The molecule has 158 valence electrons. The number of piperidine rings is 1. The van der Waals surface area contributed by atoms with Gasteiger partial charge in [-0.25, -0.2) is 24.1 Å². The number of anilines is 1. The molecule has 0 aromatic carbocycles. The third-order valence-electron chi connectivity index (χ3n) is 5.64. The number of halogens is 1. The van der Waals surface area contributed by atoms with E-state index in [1.165, 1.54) is 6.20 Å². The molecule has 2 atom stereocenters. The van der Waals surface area contributed by atoms with Gasteiger partial charge in [-0.2, -0.15) is 0 Å². The fraction of sp³-hybridized carbons (Fsp3) is 0.429. The number of carbonyl (C=O) groups is 1. The number of aromatic amines is 1. The van der Waals surface area contributed by atoms with Gasteiger partial charge in [-0.15, -0.1) is 0 Å². The molecular weight excluding hydrogens is 385 g/mol. The summed E-state index contributed by atoms with van der Waals surface area (Å²) in [6.07, 6.45) is 8.51. The average molecular weight is 411 g/mol. The second-order valence-corrected chi connectivity index (χ2v) is 7.90. The maximum atomic E-state index is 14.3. The summed E-state index contributed by atoms with van der Waals surface area (Å²) < 4.78 is 14.3. The lowest BCUT2D eigenvalue weighted by Gasteiger charge is -2.36. The normalized spacial score (nSPS) is 17.8. The van der Waals surface area contributed by atoms with Crippen LogP contribution in [0, 0.1) is 11.7 Å². The Balaban J connectivity index is 1.44. The van der Waals surface area contributed by atoms with E-state index >= 15 is 0 Å². The van der Waals surface area contributed by atoms with Crippen LogP contribution in [0.25, 0.3) is 22.4 Å². The lowest BCUT2D eigenvalue weighted by atomic mass is 9.93. The van der Waals surface area contributed by atoms with E-state index in [9.17, 15) is 9.18 Å². The van der Waals surface area contributed by atoms with Gasteiger partial charge in [0.05, 0.1) is 6.20 Å². The second kappa shape index (κ2) is 8.64. The van der Waals surface area contributed by atoms with Crippen LogP contribution in [0.4, 0.5) is 15.0 Å². The molecule has 4 heterocycles. The first-order valence-electron chi connectivity index (χ1n) is 10.3. The zero-order chi connectivity index (χ0) is 21.1. The number of nitrogens with one attached hydrogen (secondary N) is 2. The minimum absolute atomic E-state index is 0.137. The molecule has 8 nitrogen and oxygen atoms in total. The zero-order valence-corrected chi connectivity index (χ0v) is 16.9. The summed E-state index contributed by atoms with van der Waals surface area (Å²) in [6, 6.07) is 3.53. The Morgan fingerprint density at radius 2 is 2.30 bits per heavy atom. The molecular formula is C21H26FN7O. The fourth-order valence-electron chi connectivity index (χ4n) is 4.12. The Morgan fingerprint density at radius 1 is 1.43 bits per heavy atom. The Labute approximate surface area is 174 Å². The highest BCUT2D eigenvalue weighted by atomic mass is 19.1. The lowest BCUT2D eigenvalue weighted by molar-refractivity contribution is 0.146. The Hall–Kier alpha value is -3.23. The van der Waals surface area contributed by atoms with E-state index in [0.717, 1.165) is 42.3 Å². The Bertz CT molecular complexity index is 1040. The van der Waals surface area contributed by atoms with E-state index in [2.05, 4.69) is 32.2 Å². The highest BCUT2D eigenvalue weighted by Crippen LogP contribution is 2.27. The molecule has 1 aliphatic rings. The van der Waals surface area contributed by atoms with E-state index in [1.54, 1.807) is 17.3 Å². The number of nitrogens with zero attached hydrogens (tertiary/aromatic N) is 4. The van der Waals surface area contributed by atoms with Crippen molar-refractivity contribution >= 4 is 22.9 Å². The van der Waals surface area contributed by atoms with Crippen LogP contribution in [-0.4, -0.2) is 50.0 Å². The third kappa shape index (κ3) is 4.19. The number of aromatic nitrogens is 4. The third-order valence-corrected chi connectivity index (χ3v) is 5.64. The molecule has 0 aliphatic carbocycles. The molecule has 0 saturated carbocycles. The largest absolute Gasteiger partial charge is 0.367 e. The van der Waals surface area contributed by atoms with Crippen LogP contribution in [0.2, 0.25) is 0 Å². The molecule has 30 heavy (non-hydrogen) atoms. The van der Waals surface area contributed by atoms with E-state index in [4.69, 9.17) is 5.73 Å². The summed E-state index contributed by atoms with van der Waals surface area (Å²) in [7, 11) is 0. The molecule has 3 aromatic heterocycles. The van der Waals surface area contributed by atoms with Crippen LogP contribution in [0.5, 0.6) is 0 Å². The van der Waals surface area contributed by atoms with Crippen molar-refractivity contribution in [2.45, 2.75) is 38.6 Å². The summed E-state index contributed by atoms with van der Waals surface area (Å²) in [5.41, 5.74) is 7.02. The quantitative estimate of drug-likeness (QED) is 0.574. The molecule has 4 N–H and O–H groups in total. The highest BCUT2D eigenvalue weighted by Gasteiger charge is 2.26. The van der Waals surface area contributed by atoms with Gasteiger partial charge >= 0.3 is 6.03 Å². The monoisotopic (exact) mass is 411 g/mol. The second-order valence-electron chi connectivity index (χ2n) is 7.90. The van der Waals surface area contributed by atoms with E-state index in [0.29, 0.717) is 18.9 Å². The molecule has 1 aliphatic heterocycles. The van der Waals surface area contributed by atoms with Crippen molar-refractivity contribution in [3.05, 3.63) is 36.5 Å². The molecule has 0 spiro atoms. The van der Waals surface area contributed by atoms with Gasteiger partial charge in [-0.1, -0.05) is 6.92 Å². The molecule has 1 fully saturated rings. The number of hydrogen-bond acceptors (Lipinski definition) is 5. The van der Waals surface area contributed by atoms with Crippen molar-refractivity contribution in [1.29, 1.82) is 0 Å². The first-order valence-corrected chi connectivity index (χ1v) is 10.3. The number of primary amides is 1. The molecule has 4 rings (SSSR count). The summed E-state index contributed by atoms with van der Waals surface area (Å²) in [6.45, 7) is 3.32. The number of likely N-dealkylation sites (tertiary alicyclic amines) is 1. The van der Waals surface area contributed by atoms with Crippen LogP contribution < -0.4 is 11.1 Å². The smallest absolute Gasteiger partial charge is 0.315 e. The Morgan fingerprint density at radius 3 is 3.13 bits per heavy atom. The summed E-state index contributed by atoms with van der Waals surface area (Å²) in [5, 5.41) is 3.99. The van der Waals surface area contributed by atoms with Gasteiger partial charge < -0.3 is 20.9 Å². The van der Waals surface area contributed by atoms with E-state index in [1.807, 2.05) is 12.1 Å². The van der Waals surface area contributed by atoms with Crippen LogP contribution >= 0.6 is 0 Å². The summed E-state index contributed by atoms with van der Waals surface area (Å²) in [4.78, 5) is 29.3. The predicted molar refractivity (Wildman–Crippen MR) is 113 cm³/mol. The number of hydrogen-bond donors (Lipinski definition) is 3. The van der Waals surface area contributed by atoms with Crippen molar-refractivity contribution in [3.8, 4) is 11.4 Å². The van der Waals surface area contributed by atoms with Crippen LogP contribution in [0.15, 0.2) is 30.7 Å². The number of carbonyl (C=O) groups excluding carboxylic acids is 1. The summed E-state index contributed by atoms with van der Waals surface area (Å²) >= 11 is 0. The van der Waals surface area contributed by atoms with Crippen LogP contribution in [0.1, 0.15) is 32.6 Å². The minimum Gasteiger partial charge on any atom is -0.367 e.